The number of benzene rings is 3. The van der Waals surface area contributed by atoms with Gasteiger partial charge in [0.05, 0.1) is 11.7 Å². The summed E-state index contributed by atoms with van der Waals surface area (Å²) in [5, 5.41) is 2.69. The fraction of sp³-hybridized carbons (Fsp3) is 0.333. The Kier molecular flexibility index (Phi) is 7.75. The molecule has 2 atom stereocenters. The van der Waals surface area contributed by atoms with Crippen LogP contribution in [0, 0.1) is 0 Å². The van der Waals surface area contributed by atoms with Crippen LogP contribution in [-0.2, 0) is 25.6 Å². The quantitative estimate of drug-likeness (QED) is 0.404. The Labute approximate surface area is 212 Å². The van der Waals surface area contributed by atoms with Crippen molar-refractivity contribution in [3.8, 4) is 11.1 Å². The molecule has 0 unspecified atom stereocenters. The van der Waals surface area contributed by atoms with Gasteiger partial charge in [-0.25, -0.2) is 9.59 Å². The highest BCUT2D eigenvalue weighted by Gasteiger charge is 2.34. The summed E-state index contributed by atoms with van der Waals surface area (Å²) in [5.74, 6) is -0.654. The molecule has 188 valence electrons. The monoisotopic (exact) mass is 487 g/mol. The molecular formula is C30H33NO5. The maximum atomic E-state index is 13.0. The Bertz CT molecular complexity index is 1160. The third-order valence-corrected chi connectivity index (χ3v) is 6.10. The second-order valence-corrected chi connectivity index (χ2v) is 9.98. The molecule has 1 aliphatic carbocycles. The summed E-state index contributed by atoms with van der Waals surface area (Å²) in [5.41, 5.74) is 4.88. The van der Waals surface area contributed by atoms with E-state index in [1.165, 1.54) is 0 Å². The van der Waals surface area contributed by atoms with Crippen LogP contribution in [0.3, 0.4) is 0 Å². The van der Waals surface area contributed by atoms with Crippen LogP contribution in [0.2, 0.25) is 0 Å². The smallest absolute Gasteiger partial charge is 0.407 e. The summed E-state index contributed by atoms with van der Waals surface area (Å²) in [6.45, 7) is 7.67. The third kappa shape index (κ3) is 6.13. The second-order valence-electron chi connectivity index (χ2n) is 9.98. The Hall–Kier alpha value is -3.64. The molecule has 0 aliphatic heterocycles. The highest BCUT2D eigenvalue weighted by Crippen LogP contribution is 2.44. The number of hydrogen-bond acceptors (Lipinski definition) is 5. The molecule has 0 fully saturated rings. The number of hydrogen-bond donors (Lipinski definition) is 1. The Morgan fingerprint density at radius 1 is 0.833 bits per heavy atom. The number of ether oxygens (including phenoxy) is 3. The fourth-order valence-electron chi connectivity index (χ4n) is 4.58. The van der Waals surface area contributed by atoms with Crippen molar-refractivity contribution in [2.45, 2.75) is 58.0 Å². The maximum Gasteiger partial charge on any atom is 0.407 e. The molecule has 3 aromatic carbocycles. The normalized spacial score (nSPS) is 14.3. The van der Waals surface area contributed by atoms with Gasteiger partial charge in [-0.3, -0.25) is 0 Å². The number of fused-ring (bicyclic) bond motifs is 3. The van der Waals surface area contributed by atoms with Crippen LogP contribution in [-0.4, -0.2) is 36.4 Å². The van der Waals surface area contributed by atoms with Crippen LogP contribution in [0.15, 0.2) is 78.9 Å². The molecule has 0 spiro atoms. The highest BCUT2D eigenvalue weighted by molar-refractivity contribution is 5.82. The van der Waals surface area contributed by atoms with Gasteiger partial charge in [-0.05, 0) is 55.5 Å². The van der Waals surface area contributed by atoms with Gasteiger partial charge in [0.15, 0.2) is 6.04 Å². The van der Waals surface area contributed by atoms with Crippen molar-refractivity contribution >= 4 is 12.1 Å². The average Bonchev–Trinajstić information content (AvgIpc) is 3.18. The summed E-state index contributed by atoms with van der Waals surface area (Å²) in [6, 6.07) is 24.6. The van der Waals surface area contributed by atoms with Gasteiger partial charge in [-0.1, -0.05) is 78.9 Å². The largest absolute Gasteiger partial charge is 0.459 e. The molecule has 0 radical (unpaired) electrons. The number of amides is 1. The van der Waals surface area contributed by atoms with E-state index in [1.54, 1.807) is 6.92 Å². The van der Waals surface area contributed by atoms with E-state index in [1.807, 2.05) is 75.4 Å². The zero-order valence-corrected chi connectivity index (χ0v) is 21.2. The minimum atomic E-state index is -1.02. The molecule has 0 saturated carbocycles. The van der Waals surface area contributed by atoms with Crippen molar-refractivity contribution in [1.82, 2.24) is 5.32 Å². The van der Waals surface area contributed by atoms with Crippen LogP contribution in [0.25, 0.3) is 11.1 Å². The van der Waals surface area contributed by atoms with Crippen molar-refractivity contribution in [3.63, 3.8) is 0 Å². The standard InChI is InChI=1S/C30H33NO5/c1-20(36-30(2,3)4)27(28(32)34-18-21-12-6-5-7-13-21)31-29(33)35-19-26-24-16-10-8-14-22(24)23-15-9-11-17-25(23)26/h5-17,20,26-27H,18-19H2,1-4H3,(H,31,33)/t20-,27+/m1/s1. The van der Waals surface area contributed by atoms with Gasteiger partial charge >= 0.3 is 12.1 Å². The minimum Gasteiger partial charge on any atom is -0.459 e. The molecule has 1 aliphatic rings. The third-order valence-electron chi connectivity index (χ3n) is 6.10. The maximum absolute atomic E-state index is 13.0. The number of carbonyl (C=O) groups is 2. The van der Waals surface area contributed by atoms with Crippen molar-refractivity contribution in [2.75, 3.05) is 6.61 Å². The predicted molar refractivity (Wildman–Crippen MR) is 139 cm³/mol. The predicted octanol–water partition coefficient (Wildman–Crippen LogP) is 5.84. The summed E-state index contributed by atoms with van der Waals surface area (Å²) in [6.07, 6.45) is -1.32. The number of rotatable bonds is 8. The molecule has 6 nitrogen and oxygen atoms in total. The lowest BCUT2D eigenvalue weighted by molar-refractivity contribution is -0.154. The van der Waals surface area contributed by atoms with Crippen molar-refractivity contribution in [2.24, 2.45) is 0 Å². The van der Waals surface area contributed by atoms with Gasteiger partial charge in [0.25, 0.3) is 0 Å². The van der Waals surface area contributed by atoms with Crippen molar-refractivity contribution in [3.05, 3.63) is 95.6 Å². The Morgan fingerprint density at radius 2 is 1.39 bits per heavy atom. The molecule has 3 aromatic rings. The molecule has 0 aromatic heterocycles. The van der Waals surface area contributed by atoms with E-state index in [9.17, 15) is 9.59 Å². The molecule has 0 saturated heterocycles. The Balaban J connectivity index is 1.43. The lowest BCUT2D eigenvalue weighted by atomic mass is 9.98. The molecule has 1 amide bonds. The van der Waals surface area contributed by atoms with Crippen molar-refractivity contribution in [1.29, 1.82) is 0 Å². The molecule has 4 rings (SSSR count). The second kappa shape index (κ2) is 11.0. The highest BCUT2D eigenvalue weighted by atomic mass is 16.6. The van der Waals surface area contributed by atoms with Gasteiger partial charge < -0.3 is 19.5 Å². The molecule has 0 heterocycles. The zero-order chi connectivity index (χ0) is 25.7. The van der Waals surface area contributed by atoms with Gasteiger partial charge in [-0.2, -0.15) is 0 Å². The lowest BCUT2D eigenvalue weighted by Crippen LogP contribution is -2.51. The molecule has 6 heteroatoms. The molecule has 0 bridgehead atoms. The van der Waals surface area contributed by atoms with E-state index in [-0.39, 0.29) is 19.1 Å². The van der Waals surface area contributed by atoms with E-state index in [2.05, 4.69) is 29.6 Å². The number of esters is 1. The summed E-state index contributed by atoms with van der Waals surface area (Å²) < 4.78 is 17.1. The first-order valence-corrected chi connectivity index (χ1v) is 12.2. The van der Waals surface area contributed by atoms with E-state index >= 15 is 0 Å². The first kappa shape index (κ1) is 25.5. The summed E-state index contributed by atoms with van der Waals surface area (Å²) in [7, 11) is 0. The molecule has 1 N–H and O–H groups in total. The molecule has 36 heavy (non-hydrogen) atoms. The van der Waals surface area contributed by atoms with Crippen LogP contribution in [0.1, 0.15) is 50.3 Å². The van der Waals surface area contributed by atoms with Crippen LogP contribution >= 0.6 is 0 Å². The first-order valence-electron chi connectivity index (χ1n) is 12.2. The van der Waals surface area contributed by atoms with Crippen LogP contribution < -0.4 is 5.32 Å². The van der Waals surface area contributed by atoms with Gasteiger partial charge in [0.2, 0.25) is 0 Å². The van der Waals surface area contributed by atoms with Gasteiger partial charge in [0, 0.05) is 5.92 Å². The number of nitrogens with one attached hydrogen (secondary N) is 1. The first-order chi connectivity index (χ1) is 17.2. The van der Waals surface area contributed by atoms with Gasteiger partial charge in [-0.15, -0.1) is 0 Å². The average molecular weight is 488 g/mol. The molecular weight excluding hydrogens is 454 g/mol. The summed E-state index contributed by atoms with van der Waals surface area (Å²) in [4.78, 5) is 25.9. The summed E-state index contributed by atoms with van der Waals surface area (Å²) >= 11 is 0. The van der Waals surface area contributed by atoms with Crippen LogP contribution in [0.5, 0.6) is 0 Å². The zero-order valence-electron chi connectivity index (χ0n) is 21.2. The van der Waals surface area contributed by atoms with E-state index in [0.29, 0.717) is 0 Å². The number of carbonyl (C=O) groups excluding carboxylic acids is 2. The van der Waals surface area contributed by atoms with E-state index in [4.69, 9.17) is 14.2 Å². The van der Waals surface area contributed by atoms with Crippen LogP contribution in [0.4, 0.5) is 4.79 Å². The van der Waals surface area contributed by atoms with E-state index in [0.717, 1.165) is 27.8 Å². The van der Waals surface area contributed by atoms with Crippen molar-refractivity contribution < 1.29 is 23.8 Å². The Morgan fingerprint density at radius 3 is 1.97 bits per heavy atom. The lowest BCUT2D eigenvalue weighted by Gasteiger charge is -2.30. The minimum absolute atomic E-state index is 0.0742. The fourth-order valence-corrected chi connectivity index (χ4v) is 4.58. The topological polar surface area (TPSA) is 73.9 Å². The number of alkyl carbamates (subject to hydrolysis) is 1. The van der Waals surface area contributed by atoms with Gasteiger partial charge in [0.1, 0.15) is 13.2 Å². The van der Waals surface area contributed by atoms with E-state index < -0.39 is 29.8 Å². The SMILES string of the molecule is C[C@@H](OC(C)(C)C)[C@H](NC(=O)OCC1c2ccccc2-c2ccccc21)C(=O)OCc1ccccc1.